The Kier molecular flexibility index (Phi) is 8.53. The maximum absolute atomic E-state index is 16.1. The molecule has 3 aromatic heterocycles. The second-order valence-corrected chi connectivity index (χ2v) is 13.2. The van der Waals surface area contributed by atoms with Crippen LogP contribution in [-0.2, 0) is 26.3 Å². The zero-order chi connectivity index (χ0) is 34.4. The number of hydrogen-bond acceptors (Lipinski definition) is 7. The highest BCUT2D eigenvalue weighted by Gasteiger charge is 2.50. The van der Waals surface area contributed by atoms with E-state index in [1.54, 1.807) is 11.9 Å². The van der Waals surface area contributed by atoms with Crippen LogP contribution in [0.1, 0.15) is 37.1 Å². The molecule has 0 spiro atoms. The third-order valence-corrected chi connectivity index (χ3v) is 10.4. The molecular weight excluding hydrogens is 649 g/mol. The number of amides is 2. The topological polar surface area (TPSA) is 98.6 Å². The quantitative estimate of drug-likeness (QED) is 0.131. The zero-order valence-electron chi connectivity index (χ0n) is 27.4. The van der Waals surface area contributed by atoms with Crippen molar-refractivity contribution in [2.45, 2.75) is 37.8 Å². The van der Waals surface area contributed by atoms with E-state index in [-0.39, 0.29) is 42.4 Å². The van der Waals surface area contributed by atoms with Gasteiger partial charge in [0, 0.05) is 54.0 Å². The van der Waals surface area contributed by atoms with Crippen molar-refractivity contribution in [1.82, 2.24) is 25.0 Å². The maximum Gasteiger partial charge on any atom is 0.246 e. The molecule has 1 fully saturated rings. The predicted molar refractivity (Wildman–Crippen MR) is 184 cm³/mol. The van der Waals surface area contributed by atoms with Gasteiger partial charge in [-0.3, -0.25) is 14.3 Å². The monoisotopic (exact) mass is 683 g/mol. The van der Waals surface area contributed by atoms with Crippen molar-refractivity contribution in [3.63, 3.8) is 0 Å². The number of pyridine rings is 1. The number of nitrogens with one attached hydrogen (secondary N) is 1. The lowest BCUT2D eigenvalue weighted by atomic mass is 9.92. The molecule has 0 bridgehead atoms. The Bertz CT molecular complexity index is 2100. The summed E-state index contributed by atoms with van der Waals surface area (Å²) in [5.41, 5.74) is 4.03. The Morgan fingerprint density at radius 1 is 1.08 bits per heavy atom. The maximum atomic E-state index is 16.1. The second kappa shape index (κ2) is 12.8. The molecule has 1 saturated carbocycles. The van der Waals surface area contributed by atoms with Gasteiger partial charge in [0.05, 0.1) is 41.6 Å². The Hall–Kier alpha value is -4.94. The minimum Gasteiger partial charge on any atom is -0.490 e. The summed E-state index contributed by atoms with van der Waals surface area (Å²) < 4.78 is 44.4. The molecule has 4 heterocycles. The molecule has 1 N–H and O–H groups in total. The lowest BCUT2D eigenvalue weighted by molar-refractivity contribution is -0.129. The number of ether oxygens (including phenoxy) is 2. The van der Waals surface area contributed by atoms with Gasteiger partial charge in [-0.15, -0.1) is 11.3 Å². The molecule has 1 atom stereocenters. The van der Waals surface area contributed by atoms with Crippen LogP contribution in [0.15, 0.2) is 66.6 Å². The van der Waals surface area contributed by atoms with Gasteiger partial charge in [-0.25, -0.2) is 13.8 Å². The van der Waals surface area contributed by atoms with Gasteiger partial charge in [-0.05, 0) is 48.9 Å². The molecule has 2 aliphatic rings. The van der Waals surface area contributed by atoms with E-state index in [4.69, 9.17) is 19.6 Å². The summed E-state index contributed by atoms with van der Waals surface area (Å²) in [6.07, 6.45) is 2.87. The average Bonchev–Trinajstić information content (AvgIpc) is 3.55. The number of rotatable bonds is 10. The van der Waals surface area contributed by atoms with Crippen molar-refractivity contribution in [1.29, 1.82) is 0 Å². The first-order chi connectivity index (χ1) is 23.7. The lowest BCUT2D eigenvalue weighted by Crippen LogP contribution is -2.40. The first-order valence-corrected chi connectivity index (χ1v) is 16.9. The van der Waals surface area contributed by atoms with Crippen molar-refractivity contribution in [3.8, 4) is 39.5 Å². The van der Waals surface area contributed by atoms with E-state index < -0.39 is 17.0 Å². The summed E-state index contributed by atoms with van der Waals surface area (Å²) >= 11 is 1.41. The molecule has 2 amide bonds. The van der Waals surface area contributed by atoms with Crippen molar-refractivity contribution in [2.24, 2.45) is 0 Å². The normalized spacial score (nSPS) is 16.3. The minimum atomic E-state index is -0.800. The van der Waals surface area contributed by atoms with Crippen LogP contribution >= 0.6 is 11.3 Å². The van der Waals surface area contributed by atoms with Crippen LogP contribution in [0.4, 0.5) is 8.78 Å². The summed E-state index contributed by atoms with van der Waals surface area (Å²) in [5.74, 6) is -1.73. The van der Waals surface area contributed by atoms with E-state index in [2.05, 4.69) is 11.9 Å². The van der Waals surface area contributed by atoms with Crippen LogP contribution in [0, 0.1) is 11.6 Å². The van der Waals surface area contributed by atoms with E-state index in [0.717, 1.165) is 45.8 Å². The van der Waals surface area contributed by atoms with Gasteiger partial charge in [-0.2, -0.15) is 5.10 Å². The average molecular weight is 684 g/mol. The molecule has 0 radical (unpaired) electrons. The third-order valence-electron chi connectivity index (χ3n) is 9.50. The van der Waals surface area contributed by atoms with E-state index in [1.807, 2.05) is 53.4 Å². The smallest absolute Gasteiger partial charge is 0.246 e. The second-order valence-electron chi connectivity index (χ2n) is 12.3. The highest BCUT2D eigenvalue weighted by atomic mass is 32.1. The molecule has 12 heteroatoms. The first-order valence-electron chi connectivity index (χ1n) is 16.1. The number of hydrogen-bond donors (Lipinski definition) is 1. The number of thiophene rings is 1. The molecule has 49 heavy (non-hydrogen) atoms. The Labute approximate surface area is 286 Å². The molecule has 0 unspecified atom stereocenters. The zero-order valence-corrected chi connectivity index (χ0v) is 28.2. The molecule has 1 aliphatic carbocycles. The fraction of sp³-hybridized carbons (Fsp3) is 0.297. The minimum absolute atomic E-state index is 0.00131. The van der Waals surface area contributed by atoms with E-state index >= 15 is 4.39 Å². The molecule has 0 saturated heterocycles. The fourth-order valence-electron chi connectivity index (χ4n) is 6.80. The molecule has 252 valence electrons. The molecule has 5 aromatic rings. The fourth-order valence-corrected chi connectivity index (χ4v) is 7.75. The van der Waals surface area contributed by atoms with Gasteiger partial charge in [0.25, 0.3) is 0 Å². The third kappa shape index (κ3) is 5.58. The number of carbonyl (C=O) groups excluding carboxylic acids is 2. The van der Waals surface area contributed by atoms with E-state index in [9.17, 15) is 14.0 Å². The summed E-state index contributed by atoms with van der Waals surface area (Å²) in [6.45, 7) is 6.77. The van der Waals surface area contributed by atoms with Gasteiger partial charge in [0.1, 0.15) is 35.4 Å². The number of fused-ring (bicyclic) bond motifs is 2. The number of benzene rings is 2. The van der Waals surface area contributed by atoms with Crippen LogP contribution in [0.5, 0.6) is 5.75 Å². The van der Waals surface area contributed by atoms with Crippen LogP contribution < -0.4 is 10.1 Å². The van der Waals surface area contributed by atoms with Gasteiger partial charge in [-0.1, -0.05) is 30.8 Å². The van der Waals surface area contributed by atoms with Crippen LogP contribution in [0.3, 0.4) is 0 Å². The number of nitrogens with zero attached hydrogens (tertiary/aromatic N) is 4. The van der Waals surface area contributed by atoms with Crippen LogP contribution in [0.2, 0.25) is 0 Å². The van der Waals surface area contributed by atoms with Gasteiger partial charge >= 0.3 is 0 Å². The Morgan fingerprint density at radius 3 is 2.55 bits per heavy atom. The summed E-state index contributed by atoms with van der Waals surface area (Å²) in [7, 11) is 3.17. The van der Waals surface area contributed by atoms with Crippen molar-refractivity contribution in [3.05, 3.63) is 89.5 Å². The SMILES string of the molecule is C=CC(=O)N1CCn2nc(-c3nc(-c4ccc(C5(C(=O)NC)CC5)cc4)c4ccsc4c3-c3c(F)cc(F)cc3OCCOC)cc2[C@H]1C. The lowest BCUT2D eigenvalue weighted by Gasteiger charge is -2.33. The highest BCUT2D eigenvalue weighted by molar-refractivity contribution is 7.18. The summed E-state index contributed by atoms with van der Waals surface area (Å²) in [4.78, 5) is 32.2. The Balaban J connectivity index is 1.44. The first kappa shape index (κ1) is 32.6. The Morgan fingerprint density at radius 2 is 1.86 bits per heavy atom. The molecule has 1 aliphatic heterocycles. The van der Waals surface area contributed by atoms with Crippen LogP contribution in [0.25, 0.3) is 43.9 Å². The van der Waals surface area contributed by atoms with Crippen molar-refractivity contribution < 1.29 is 27.8 Å². The highest BCUT2D eigenvalue weighted by Crippen LogP contribution is 2.50. The predicted octanol–water partition coefficient (Wildman–Crippen LogP) is 6.66. The van der Waals surface area contributed by atoms with E-state index in [1.165, 1.54) is 30.6 Å². The van der Waals surface area contributed by atoms with Crippen LogP contribution in [-0.4, -0.2) is 65.4 Å². The van der Waals surface area contributed by atoms with Gasteiger partial charge in [0.2, 0.25) is 11.8 Å². The van der Waals surface area contributed by atoms with Gasteiger partial charge < -0.3 is 19.7 Å². The number of aromatic nitrogens is 3. The molecule has 7 rings (SSSR count). The number of halogens is 2. The molecular formula is C37H35F2N5O4S. The standard InChI is InChI=1S/C37H35F2N5O4S/c1-5-30(45)43-13-14-44-28(21(43)2)20-27(42-44)34-32(31-26(39)18-24(38)19-29(31)48-16-15-47-4)35-25(10-17-49-35)33(41-34)22-6-8-23(9-7-22)37(11-12-37)36(46)40-3/h5-10,17-21H,1,11-16H2,2-4H3,(H,40,46)/t21-/m1/s1. The summed E-state index contributed by atoms with van der Waals surface area (Å²) in [6, 6.07) is 13.4. The van der Waals surface area contributed by atoms with Crippen molar-refractivity contribution >= 4 is 33.2 Å². The van der Waals surface area contributed by atoms with E-state index in [0.29, 0.717) is 35.7 Å². The van der Waals surface area contributed by atoms with Gasteiger partial charge in [0.15, 0.2) is 0 Å². The number of carbonyl (C=O) groups is 2. The molecule has 9 nitrogen and oxygen atoms in total. The summed E-state index contributed by atoms with van der Waals surface area (Å²) in [5, 5.41) is 10.4. The largest absolute Gasteiger partial charge is 0.490 e. The van der Waals surface area contributed by atoms with Crippen molar-refractivity contribution in [2.75, 3.05) is 33.9 Å². The number of likely N-dealkylation sites (N-methyl/N-ethyl adjacent to an activating group) is 1. The molecule has 2 aromatic carbocycles. The number of methoxy groups -OCH3 is 1.